The molecule has 3 aromatic rings. The number of carbonyl (C=O) groups excluding carboxylic acids is 1. The van der Waals surface area contributed by atoms with E-state index in [2.05, 4.69) is 29.4 Å². The maximum Gasteiger partial charge on any atom is 0.220 e. The highest BCUT2D eigenvalue weighted by atomic mass is 16.5. The van der Waals surface area contributed by atoms with Crippen molar-refractivity contribution in [3.8, 4) is 11.4 Å². The van der Waals surface area contributed by atoms with Crippen molar-refractivity contribution in [2.24, 2.45) is 5.41 Å². The lowest BCUT2D eigenvalue weighted by molar-refractivity contribution is -0.122. The van der Waals surface area contributed by atoms with Crippen LogP contribution in [-0.2, 0) is 17.6 Å². The number of aromatic nitrogens is 3. The van der Waals surface area contributed by atoms with Gasteiger partial charge >= 0.3 is 0 Å². The molecular formula is C24H30N4O3. The number of ether oxygens (including phenoxy) is 1. The van der Waals surface area contributed by atoms with Gasteiger partial charge in [-0.2, -0.15) is 5.10 Å². The number of carbonyl (C=O) groups is 1. The topological polar surface area (TPSA) is 82.2 Å². The third-order valence-electron chi connectivity index (χ3n) is 6.11. The molecule has 1 aromatic carbocycles. The average Bonchev–Trinajstić information content (AvgIpc) is 3.28. The van der Waals surface area contributed by atoms with Crippen molar-refractivity contribution < 1.29 is 14.1 Å². The number of hydrogen-bond donors (Lipinski definition) is 1. The van der Waals surface area contributed by atoms with Gasteiger partial charge in [0.25, 0.3) is 0 Å². The molecule has 7 heteroatoms. The number of rotatable bonds is 6. The van der Waals surface area contributed by atoms with Crippen molar-refractivity contribution >= 4 is 5.91 Å². The predicted octanol–water partition coefficient (Wildman–Crippen LogP) is 4.25. The molecule has 0 saturated carbocycles. The zero-order valence-corrected chi connectivity index (χ0v) is 18.9. The Bertz CT molecular complexity index is 1060. The molecule has 0 aliphatic heterocycles. The van der Waals surface area contributed by atoms with Gasteiger partial charge in [-0.25, -0.2) is 4.68 Å². The Morgan fingerprint density at radius 2 is 2.03 bits per heavy atom. The highest BCUT2D eigenvalue weighted by Gasteiger charge is 2.36. The van der Waals surface area contributed by atoms with E-state index in [0.29, 0.717) is 12.8 Å². The number of hydrogen-bond acceptors (Lipinski definition) is 5. The molecule has 2 aromatic heterocycles. The highest BCUT2D eigenvalue weighted by molar-refractivity contribution is 5.77. The van der Waals surface area contributed by atoms with Gasteiger partial charge in [0, 0.05) is 17.5 Å². The fraction of sp³-hybridized carbons (Fsp3) is 0.458. The van der Waals surface area contributed by atoms with Crippen molar-refractivity contribution in [2.45, 2.75) is 59.4 Å². The van der Waals surface area contributed by atoms with Crippen molar-refractivity contribution in [2.75, 3.05) is 7.11 Å². The van der Waals surface area contributed by atoms with Crippen LogP contribution in [0.3, 0.4) is 0 Å². The van der Waals surface area contributed by atoms with Crippen LogP contribution in [0.1, 0.15) is 61.0 Å². The lowest BCUT2D eigenvalue weighted by Crippen LogP contribution is -2.36. The summed E-state index contributed by atoms with van der Waals surface area (Å²) in [7, 11) is 1.66. The normalized spacial score (nSPS) is 17.3. The molecule has 0 spiro atoms. The summed E-state index contributed by atoms with van der Waals surface area (Å²) in [5.74, 6) is 1.63. The molecule has 7 nitrogen and oxygen atoms in total. The van der Waals surface area contributed by atoms with Crippen molar-refractivity contribution in [3.63, 3.8) is 0 Å². The number of amides is 1. The van der Waals surface area contributed by atoms with Crippen LogP contribution in [0.25, 0.3) is 5.69 Å². The SMILES string of the molecule is COc1ccc(-n2ncc3c2CC(C)(C)C[C@H]3NC(=O)CCc2c(C)noc2C)cc1. The monoisotopic (exact) mass is 422 g/mol. The molecular weight excluding hydrogens is 392 g/mol. The second kappa shape index (κ2) is 8.21. The minimum atomic E-state index is -0.0529. The summed E-state index contributed by atoms with van der Waals surface area (Å²) in [6.45, 7) is 8.28. The zero-order chi connectivity index (χ0) is 22.2. The van der Waals surface area contributed by atoms with Gasteiger partial charge < -0.3 is 14.6 Å². The smallest absolute Gasteiger partial charge is 0.220 e. The summed E-state index contributed by atoms with van der Waals surface area (Å²) >= 11 is 0. The molecule has 164 valence electrons. The molecule has 31 heavy (non-hydrogen) atoms. The first-order valence-electron chi connectivity index (χ1n) is 10.7. The molecule has 1 amide bonds. The lowest BCUT2D eigenvalue weighted by Gasteiger charge is -2.36. The highest BCUT2D eigenvalue weighted by Crippen LogP contribution is 2.41. The first kappa shape index (κ1) is 21.2. The van der Waals surface area contributed by atoms with E-state index in [1.807, 2.05) is 49.0 Å². The van der Waals surface area contributed by atoms with Gasteiger partial charge in [0.1, 0.15) is 11.5 Å². The first-order chi connectivity index (χ1) is 14.8. The molecule has 1 atom stereocenters. The Kier molecular flexibility index (Phi) is 5.60. The molecule has 2 heterocycles. The summed E-state index contributed by atoms with van der Waals surface area (Å²) in [5.41, 5.74) is 5.16. The van der Waals surface area contributed by atoms with Crippen molar-refractivity contribution in [1.82, 2.24) is 20.3 Å². The van der Waals surface area contributed by atoms with Crippen LogP contribution in [0, 0.1) is 19.3 Å². The minimum absolute atomic E-state index is 0.0332. The summed E-state index contributed by atoms with van der Waals surface area (Å²) in [5, 5.41) is 11.9. The Labute approximate surface area is 182 Å². The molecule has 0 bridgehead atoms. The quantitative estimate of drug-likeness (QED) is 0.642. The maximum atomic E-state index is 12.8. The minimum Gasteiger partial charge on any atom is -0.497 e. The number of benzene rings is 1. The summed E-state index contributed by atoms with van der Waals surface area (Å²) < 4.78 is 12.5. The van der Waals surface area contributed by atoms with Gasteiger partial charge in [-0.3, -0.25) is 4.79 Å². The van der Waals surface area contributed by atoms with Gasteiger partial charge in [0.2, 0.25) is 5.91 Å². The van der Waals surface area contributed by atoms with Crippen LogP contribution in [0.5, 0.6) is 5.75 Å². The Morgan fingerprint density at radius 3 is 2.68 bits per heavy atom. The standard InChI is InChI=1S/C24H30N4O3/c1-15-19(16(2)31-27-15)10-11-23(29)26-21-12-24(3,4)13-22-20(21)14-25-28(22)17-6-8-18(30-5)9-7-17/h6-9,14,21H,10-13H2,1-5H3,(H,26,29)/t21-/m1/s1. The molecule has 0 saturated heterocycles. The van der Waals surface area contributed by atoms with Gasteiger partial charge in [0.05, 0.1) is 36.4 Å². The average molecular weight is 423 g/mol. The van der Waals surface area contributed by atoms with Gasteiger partial charge in [-0.05, 0) is 62.8 Å². The Balaban J connectivity index is 1.53. The first-order valence-corrected chi connectivity index (χ1v) is 10.7. The van der Waals surface area contributed by atoms with E-state index < -0.39 is 0 Å². The van der Waals surface area contributed by atoms with E-state index in [1.165, 1.54) is 0 Å². The van der Waals surface area contributed by atoms with E-state index >= 15 is 0 Å². The Morgan fingerprint density at radius 1 is 1.29 bits per heavy atom. The molecule has 1 aliphatic carbocycles. The number of aryl methyl sites for hydroxylation is 2. The number of methoxy groups -OCH3 is 1. The van der Waals surface area contributed by atoms with E-state index in [1.54, 1.807) is 7.11 Å². The molecule has 0 fully saturated rings. The van der Waals surface area contributed by atoms with Gasteiger partial charge in [-0.1, -0.05) is 19.0 Å². The second-order valence-corrected chi connectivity index (χ2v) is 9.12. The third kappa shape index (κ3) is 4.36. The molecule has 0 radical (unpaired) electrons. The van der Waals surface area contributed by atoms with Crippen LogP contribution in [0.4, 0.5) is 0 Å². The van der Waals surface area contributed by atoms with Crippen molar-refractivity contribution in [3.05, 3.63) is 58.7 Å². The van der Waals surface area contributed by atoms with Crippen LogP contribution < -0.4 is 10.1 Å². The van der Waals surface area contributed by atoms with E-state index in [9.17, 15) is 4.79 Å². The van der Waals surface area contributed by atoms with E-state index in [-0.39, 0.29) is 17.4 Å². The lowest BCUT2D eigenvalue weighted by atomic mass is 9.74. The summed E-state index contributed by atoms with van der Waals surface area (Å²) in [6.07, 6.45) is 4.71. The fourth-order valence-electron chi connectivity index (χ4n) is 4.48. The van der Waals surface area contributed by atoms with Crippen LogP contribution in [0.15, 0.2) is 35.0 Å². The summed E-state index contributed by atoms with van der Waals surface area (Å²) in [4.78, 5) is 12.8. The number of fused-ring (bicyclic) bond motifs is 1. The van der Waals surface area contributed by atoms with E-state index in [0.717, 1.165) is 52.6 Å². The van der Waals surface area contributed by atoms with Crippen molar-refractivity contribution in [1.29, 1.82) is 0 Å². The number of nitrogens with zero attached hydrogens (tertiary/aromatic N) is 3. The van der Waals surface area contributed by atoms with Crippen LogP contribution >= 0.6 is 0 Å². The molecule has 1 N–H and O–H groups in total. The van der Waals surface area contributed by atoms with Gasteiger partial charge in [0.15, 0.2) is 0 Å². The fourth-order valence-corrected chi connectivity index (χ4v) is 4.48. The second-order valence-electron chi connectivity index (χ2n) is 9.12. The van der Waals surface area contributed by atoms with Gasteiger partial charge in [-0.15, -0.1) is 0 Å². The number of nitrogens with one attached hydrogen (secondary N) is 1. The summed E-state index contributed by atoms with van der Waals surface area (Å²) in [6, 6.07) is 7.83. The molecule has 0 unspecified atom stereocenters. The predicted molar refractivity (Wildman–Crippen MR) is 117 cm³/mol. The molecule has 1 aliphatic rings. The third-order valence-corrected chi connectivity index (χ3v) is 6.11. The van der Waals surface area contributed by atoms with E-state index in [4.69, 9.17) is 9.26 Å². The largest absolute Gasteiger partial charge is 0.497 e. The van der Waals surface area contributed by atoms with Crippen LogP contribution in [0.2, 0.25) is 0 Å². The molecule has 4 rings (SSSR count). The maximum absolute atomic E-state index is 12.8. The zero-order valence-electron chi connectivity index (χ0n) is 18.9. The Hall–Kier alpha value is -3.09. The van der Waals surface area contributed by atoms with Crippen LogP contribution in [-0.4, -0.2) is 28.0 Å².